The van der Waals surface area contributed by atoms with Gasteiger partial charge in [-0.25, -0.2) is 8.42 Å². The van der Waals surface area contributed by atoms with E-state index in [0.29, 0.717) is 19.4 Å². The molecule has 0 radical (unpaired) electrons. The molecule has 19 heavy (non-hydrogen) atoms. The first-order chi connectivity index (χ1) is 8.78. The van der Waals surface area contributed by atoms with Crippen molar-refractivity contribution in [3.63, 3.8) is 0 Å². The number of nitrogens with one attached hydrogen (secondary N) is 1. The highest BCUT2D eigenvalue weighted by atomic mass is 32.2. The Kier molecular flexibility index (Phi) is 5.78. The molecule has 0 aromatic heterocycles. The molecular formula is C12H21NO5S. The molecule has 0 aromatic rings. The van der Waals surface area contributed by atoms with E-state index in [1.807, 2.05) is 6.92 Å². The predicted molar refractivity (Wildman–Crippen MR) is 70.4 cm³/mol. The van der Waals surface area contributed by atoms with E-state index in [0.717, 1.165) is 0 Å². The molecule has 1 heterocycles. The number of hydrogen-bond acceptors (Lipinski definition) is 4. The molecular weight excluding hydrogens is 270 g/mol. The molecule has 0 aliphatic carbocycles. The molecule has 1 aliphatic rings. The van der Waals surface area contributed by atoms with Crippen molar-refractivity contribution in [2.24, 2.45) is 11.8 Å². The number of carbonyl (C=O) groups is 2. The van der Waals surface area contributed by atoms with Gasteiger partial charge >= 0.3 is 5.97 Å². The summed E-state index contributed by atoms with van der Waals surface area (Å²) < 4.78 is 22.5. The van der Waals surface area contributed by atoms with Gasteiger partial charge in [0, 0.05) is 19.4 Å². The van der Waals surface area contributed by atoms with E-state index in [9.17, 15) is 18.0 Å². The Bertz CT molecular complexity index is 431. The minimum Gasteiger partial charge on any atom is -0.481 e. The zero-order chi connectivity index (χ0) is 14.5. The summed E-state index contributed by atoms with van der Waals surface area (Å²) in [5, 5.41) is 11.3. The maximum atomic E-state index is 11.6. The number of carbonyl (C=O) groups excluding carboxylic acids is 1. The average Bonchev–Trinajstić information content (AvgIpc) is 2.63. The van der Waals surface area contributed by atoms with Crippen LogP contribution >= 0.6 is 0 Å². The van der Waals surface area contributed by atoms with Crippen LogP contribution in [0.2, 0.25) is 0 Å². The fraction of sp³-hybridized carbons (Fsp3) is 0.833. The van der Waals surface area contributed by atoms with Crippen molar-refractivity contribution in [2.45, 2.75) is 32.6 Å². The van der Waals surface area contributed by atoms with Crippen LogP contribution in [-0.4, -0.2) is 43.5 Å². The normalized spacial score (nSPS) is 22.9. The van der Waals surface area contributed by atoms with E-state index >= 15 is 0 Å². The van der Waals surface area contributed by atoms with Crippen LogP contribution in [-0.2, 0) is 19.4 Å². The first kappa shape index (κ1) is 15.9. The zero-order valence-electron chi connectivity index (χ0n) is 11.1. The van der Waals surface area contributed by atoms with E-state index < -0.39 is 15.8 Å². The lowest BCUT2D eigenvalue weighted by molar-refractivity contribution is -0.137. The Hall–Kier alpha value is -1.11. The Labute approximate surface area is 113 Å². The van der Waals surface area contributed by atoms with Crippen LogP contribution in [0.3, 0.4) is 0 Å². The smallest absolute Gasteiger partial charge is 0.303 e. The second-order valence-corrected chi connectivity index (χ2v) is 7.54. The van der Waals surface area contributed by atoms with E-state index in [4.69, 9.17) is 5.11 Å². The Morgan fingerprint density at radius 3 is 2.63 bits per heavy atom. The second kappa shape index (κ2) is 6.88. The standard InChI is InChI=1S/C12H21NO5S/c1-9(2-3-12(15)16)7-13-11(14)6-10-4-5-19(17,18)8-10/h9-10H,2-8H2,1H3,(H,13,14)(H,15,16). The third-order valence-electron chi connectivity index (χ3n) is 3.30. The summed E-state index contributed by atoms with van der Waals surface area (Å²) in [6.45, 7) is 2.31. The Balaban J connectivity index is 2.19. The zero-order valence-corrected chi connectivity index (χ0v) is 11.9. The third kappa shape index (κ3) is 6.56. The van der Waals surface area contributed by atoms with Crippen molar-refractivity contribution in [1.29, 1.82) is 0 Å². The molecule has 2 unspecified atom stereocenters. The Morgan fingerprint density at radius 2 is 2.11 bits per heavy atom. The predicted octanol–water partition coefficient (Wildman–Crippen LogP) is 0.428. The second-order valence-electron chi connectivity index (χ2n) is 5.31. The molecule has 0 saturated carbocycles. The minimum atomic E-state index is -2.94. The largest absolute Gasteiger partial charge is 0.481 e. The van der Waals surface area contributed by atoms with Crippen LogP contribution in [0.15, 0.2) is 0 Å². The molecule has 2 atom stereocenters. The maximum Gasteiger partial charge on any atom is 0.303 e. The summed E-state index contributed by atoms with van der Waals surface area (Å²) in [6, 6.07) is 0. The van der Waals surface area contributed by atoms with Gasteiger partial charge in [0.25, 0.3) is 0 Å². The molecule has 1 aliphatic heterocycles. The summed E-state index contributed by atoms with van der Waals surface area (Å²) >= 11 is 0. The van der Waals surface area contributed by atoms with E-state index in [2.05, 4.69) is 5.32 Å². The van der Waals surface area contributed by atoms with Crippen LogP contribution in [0.5, 0.6) is 0 Å². The van der Waals surface area contributed by atoms with E-state index in [1.165, 1.54) is 0 Å². The summed E-state index contributed by atoms with van der Waals surface area (Å²) in [4.78, 5) is 22.0. The van der Waals surface area contributed by atoms with Crippen molar-refractivity contribution in [2.75, 3.05) is 18.1 Å². The Morgan fingerprint density at radius 1 is 1.42 bits per heavy atom. The molecule has 0 bridgehead atoms. The van der Waals surface area contributed by atoms with Gasteiger partial charge in [0.05, 0.1) is 11.5 Å². The molecule has 0 aromatic carbocycles. The first-order valence-corrected chi connectivity index (χ1v) is 8.29. The lowest BCUT2D eigenvalue weighted by Crippen LogP contribution is -2.30. The quantitative estimate of drug-likeness (QED) is 0.708. The minimum absolute atomic E-state index is 0.0701. The number of carboxylic acid groups (broad SMARTS) is 1. The first-order valence-electron chi connectivity index (χ1n) is 6.47. The molecule has 2 N–H and O–H groups in total. The highest BCUT2D eigenvalue weighted by molar-refractivity contribution is 7.91. The van der Waals surface area contributed by atoms with Gasteiger partial charge in [-0.2, -0.15) is 0 Å². The van der Waals surface area contributed by atoms with Crippen LogP contribution in [0.1, 0.15) is 32.6 Å². The molecule has 7 heteroatoms. The molecule has 1 fully saturated rings. The van der Waals surface area contributed by atoms with E-state index in [1.54, 1.807) is 0 Å². The maximum absolute atomic E-state index is 11.6. The van der Waals surface area contributed by atoms with Gasteiger partial charge in [0.2, 0.25) is 5.91 Å². The van der Waals surface area contributed by atoms with Gasteiger partial charge in [0.1, 0.15) is 0 Å². The molecule has 6 nitrogen and oxygen atoms in total. The van der Waals surface area contributed by atoms with Gasteiger partial charge in [-0.05, 0) is 24.7 Å². The van der Waals surface area contributed by atoms with Gasteiger partial charge in [-0.15, -0.1) is 0 Å². The van der Waals surface area contributed by atoms with E-state index in [-0.39, 0.29) is 42.1 Å². The lowest BCUT2D eigenvalue weighted by Gasteiger charge is -2.13. The summed E-state index contributed by atoms with van der Waals surface area (Å²) in [6.07, 6.45) is 1.42. The summed E-state index contributed by atoms with van der Waals surface area (Å²) in [7, 11) is -2.94. The number of aliphatic carboxylic acids is 1. The monoisotopic (exact) mass is 291 g/mol. The van der Waals surface area contributed by atoms with Crippen molar-refractivity contribution in [1.82, 2.24) is 5.32 Å². The lowest BCUT2D eigenvalue weighted by atomic mass is 10.0. The van der Waals surface area contributed by atoms with Gasteiger partial charge < -0.3 is 10.4 Å². The molecule has 1 saturated heterocycles. The number of carboxylic acids is 1. The van der Waals surface area contributed by atoms with Crippen molar-refractivity contribution >= 4 is 21.7 Å². The fourth-order valence-corrected chi connectivity index (χ4v) is 3.99. The third-order valence-corrected chi connectivity index (χ3v) is 5.14. The number of rotatable bonds is 7. The van der Waals surface area contributed by atoms with Crippen LogP contribution in [0.25, 0.3) is 0 Å². The van der Waals surface area contributed by atoms with Crippen molar-refractivity contribution in [3.05, 3.63) is 0 Å². The molecule has 110 valence electrons. The molecule has 0 spiro atoms. The van der Waals surface area contributed by atoms with Gasteiger partial charge in [-0.1, -0.05) is 6.92 Å². The van der Waals surface area contributed by atoms with Crippen LogP contribution in [0, 0.1) is 11.8 Å². The van der Waals surface area contributed by atoms with Crippen molar-refractivity contribution < 1.29 is 23.1 Å². The SMILES string of the molecule is CC(CCC(=O)O)CNC(=O)CC1CCS(=O)(=O)C1. The van der Waals surface area contributed by atoms with Gasteiger partial charge in [-0.3, -0.25) is 9.59 Å². The van der Waals surface area contributed by atoms with Crippen LogP contribution in [0.4, 0.5) is 0 Å². The number of sulfone groups is 1. The fourth-order valence-electron chi connectivity index (χ4n) is 2.13. The van der Waals surface area contributed by atoms with Crippen molar-refractivity contribution in [3.8, 4) is 0 Å². The highest BCUT2D eigenvalue weighted by Crippen LogP contribution is 2.21. The van der Waals surface area contributed by atoms with Gasteiger partial charge in [0.15, 0.2) is 9.84 Å². The summed E-state index contributed by atoms with van der Waals surface area (Å²) in [5.74, 6) is -0.667. The molecule has 1 rings (SSSR count). The topological polar surface area (TPSA) is 101 Å². The number of amides is 1. The number of hydrogen-bond donors (Lipinski definition) is 2. The van der Waals surface area contributed by atoms with Crippen LogP contribution < -0.4 is 5.32 Å². The highest BCUT2D eigenvalue weighted by Gasteiger charge is 2.29. The molecule has 1 amide bonds. The summed E-state index contributed by atoms with van der Waals surface area (Å²) in [5.41, 5.74) is 0. The average molecular weight is 291 g/mol.